The van der Waals surface area contributed by atoms with Crippen LogP contribution in [0.25, 0.3) is 0 Å². The second kappa shape index (κ2) is 6.18. The topological polar surface area (TPSA) is 46.2 Å². The number of hydrogen-bond acceptors (Lipinski definition) is 2. The Kier molecular flexibility index (Phi) is 4.68. The molecule has 2 rings (SSSR count). The molecule has 0 aromatic heterocycles. The molecule has 0 saturated heterocycles. The minimum atomic E-state index is -3.69. The van der Waals surface area contributed by atoms with Gasteiger partial charge < -0.3 is 0 Å². The van der Waals surface area contributed by atoms with Gasteiger partial charge in [0.25, 0.3) is 0 Å². The first-order valence-corrected chi connectivity index (χ1v) is 8.54. The van der Waals surface area contributed by atoms with Crippen LogP contribution in [0.5, 0.6) is 0 Å². The van der Waals surface area contributed by atoms with Crippen LogP contribution in [-0.2, 0) is 10.0 Å². The summed E-state index contributed by atoms with van der Waals surface area (Å²) >= 11 is 0. The van der Waals surface area contributed by atoms with E-state index in [1.807, 2.05) is 32.0 Å². The number of hydrogen-bond donors (Lipinski definition) is 1. The molecule has 0 unspecified atom stereocenters. The molecule has 1 atom stereocenters. The van der Waals surface area contributed by atoms with Crippen LogP contribution in [-0.4, -0.2) is 8.42 Å². The summed E-state index contributed by atoms with van der Waals surface area (Å²) < 4.78 is 40.8. The summed E-state index contributed by atoms with van der Waals surface area (Å²) in [7, 11) is -3.69. The predicted octanol–water partition coefficient (Wildman–Crippen LogP) is 3.79. The van der Waals surface area contributed by atoms with E-state index in [0.29, 0.717) is 5.56 Å². The van der Waals surface area contributed by atoms with Gasteiger partial charge in [0.2, 0.25) is 10.0 Å². The van der Waals surface area contributed by atoms with Crippen molar-refractivity contribution in [3.63, 3.8) is 0 Å². The van der Waals surface area contributed by atoms with Crippen LogP contribution in [0.4, 0.5) is 4.39 Å². The molecule has 0 heterocycles. The minimum absolute atomic E-state index is 0.0727. The van der Waals surface area contributed by atoms with Crippen LogP contribution in [0.15, 0.2) is 41.3 Å². The summed E-state index contributed by atoms with van der Waals surface area (Å²) in [4.78, 5) is 0.0727. The Morgan fingerprint density at radius 1 is 1.00 bits per heavy atom. The third-order valence-corrected chi connectivity index (χ3v) is 5.21. The van der Waals surface area contributed by atoms with E-state index in [9.17, 15) is 12.8 Å². The number of nitrogens with one attached hydrogen (secondary N) is 1. The van der Waals surface area contributed by atoms with Crippen molar-refractivity contribution in [2.24, 2.45) is 0 Å². The molecule has 3 nitrogen and oxygen atoms in total. The summed E-state index contributed by atoms with van der Waals surface area (Å²) in [6.07, 6.45) is 0. The molecule has 22 heavy (non-hydrogen) atoms. The number of halogens is 1. The molecule has 0 aliphatic carbocycles. The van der Waals surface area contributed by atoms with Gasteiger partial charge in [0, 0.05) is 6.04 Å². The minimum Gasteiger partial charge on any atom is -0.207 e. The van der Waals surface area contributed by atoms with Gasteiger partial charge >= 0.3 is 0 Å². The van der Waals surface area contributed by atoms with Crippen molar-refractivity contribution in [3.05, 3.63) is 64.5 Å². The second-order valence-corrected chi connectivity index (χ2v) is 7.33. The lowest BCUT2D eigenvalue weighted by Crippen LogP contribution is -2.27. The SMILES string of the molecule is Cc1ccc(C)c([C@@H](C)NS(=O)(=O)c2ccc(F)c(C)c2)c1. The highest BCUT2D eigenvalue weighted by Gasteiger charge is 2.20. The average molecular weight is 321 g/mol. The maximum atomic E-state index is 13.3. The molecule has 0 amide bonds. The lowest BCUT2D eigenvalue weighted by molar-refractivity contribution is 0.565. The van der Waals surface area contributed by atoms with E-state index < -0.39 is 15.8 Å². The summed E-state index contributed by atoms with van der Waals surface area (Å²) in [5, 5.41) is 0. The van der Waals surface area contributed by atoms with Crippen LogP contribution in [0, 0.1) is 26.6 Å². The standard InChI is InChI=1S/C17H20FNO2S/c1-11-5-6-12(2)16(9-11)14(4)19-22(20,21)15-7-8-17(18)13(3)10-15/h5-10,14,19H,1-4H3/t14-/m1/s1. The number of aryl methyl sites for hydroxylation is 3. The van der Waals surface area contributed by atoms with Gasteiger partial charge in [-0.25, -0.2) is 17.5 Å². The van der Waals surface area contributed by atoms with Gasteiger partial charge in [-0.1, -0.05) is 23.8 Å². The molecular weight excluding hydrogens is 301 g/mol. The van der Waals surface area contributed by atoms with E-state index in [4.69, 9.17) is 0 Å². The molecule has 0 fully saturated rings. The van der Waals surface area contributed by atoms with Gasteiger partial charge in [-0.2, -0.15) is 0 Å². The monoisotopic (exact) mass is 321 g/mol. The molecule has 0 spiro atoms. The van der Waals surface area contributed by atoms with E-state index in [0.717, 1.165) is 16.7 Å². The molecule has 0 radical (unpaired) electrons. The summed E-state index contributed by atoms with van der Waals surface area (Å²) in [6.45, 7) is 7.26. The molecule has 2 aromatic carbocycles. The maximum Gasteiger partial charge on any atom is 0.241 e. The van der Waals surface area contributed by atoms with Crippen molar-refractivity contribution >= 4 is 10.0 Å². The molecular formula is C17H20FNO2S. The second-order valence-electron chi connectivity index (χ2n) is 5.61. The highest BCUT2D eigenvalue weighted by molar-refractivity contribution is 7.89. The van der Waals surface area contributed by atoms with Crippen molar-refractivity contribution in [3.8, 4) is 0 Å². The van der Waals surface area contributed by atoms with E-state index >= 15 is 0 Å². The maximum absolute atomic E-state index is 13.3. The van der Waals surface area contributed by atoms with Crippen LogP contribution in [0.3, 0.4) is 0 Å². The first-order chi connectivity index (χ1) is 10.2. The van der Waals surface area contributed by atoms with Crippen LogP contribution in [0.2, 0.25) is 0 Å². The Hall–Kier alpha value is -1.72. The highest BCUT2D eigenvalue weighted by Crippen LogP contribution is 2.22. The molecule has 5 heteroatoms. The van der Waals surface area contributed by atoms with Crippen molar-refractivity contribution in [1.82, 2.24) is 4.72 Å². The zero-order valence-corrected chi connectivity index (χ0v) is 14.0. The van der Waals surface area contributed by atoms with E-state index in [1.54, 1.807) is 13.8 Å². The number of rotatable bonds is 4. The first kappa shape index (κ1) is 16.6. The highest BCUT2D eigenvalue weighted by atomic mass is 32.2. The van der Waals surface area contributed by atoms with Gasteiger partial charge in [0.05, 0.1) is 4.90 Å². The normalized spacial score (nSPS) is 13.1. The summed E-state index contributed by atoms with van der Waals surface area (Å²) in [5.74, 6) is -0.415. The molecule has 0 aliphatic rings. The lowest BCUT2D eigenvalue weighted by atomic mass is 10.0. The lowest BCUT2D eigenvalue weighted by Gasteiger charge is -2.17. The summed E-state index contributed by atoms with van der Waals surface area (Å²) in [6, 6.07) is 9.36. The quantitative estimate of drug-likeness (QED) is 0.931. The van der Waals surface area contributed by atoms with Gasteiger partial charge in [-0.05, 0) is 62.6 Å². The van der Waals surface area contributed by atoms with Crippen molar-refractivity contribution in [2.75, 3.05) is 0 Å². The van der Waals surface area contributed by atoms with Crippen LogP contribution < -0.4 is 4.72 Å². The zero-order valence-electron chi connectivity index (χ0n) is 13.1. The van der Waals surface area contributed by atoms with E-state index in [1.165, 1.54) is 18.2 Å². The third kappa shape index (κ3) is 3.54. The van der Waals surface area contributed by atoms with Crippen LogP contribution in [0.1, 0.15) is 35.2 Å². The van der Waals surface area contributed by atoms with Gasteiger partial charge in [0.15, 0.2) is 0 Å². The van der Waals surface area contributed by atoms with E-state index in [-0.39, 0.29) is 10.9 Å². The molecule has 2 aromatic rings. The van der Waals surface area contributed by atoms with E-state index in [2.05, 4.69) is 4.72 Å². The van der Waals surface area contributed by atoms with Gasteiger partial charge in [0.1, 0.15) is 5.82 Å². The molecule has 0 aliphatic heterocycles. The Morgan fingerprint density at radius 3 is 2.32 bits per heavy atom. The zero-order chi connectivity index (χ0) is 16.5. The fourth-order valence-corrected chi connectivity index (χ4v) is 3.68. The van der Waals surface area contributed by atoms with Crippen molar-refractivity contribution in [1.29, 1.82) is 0 Å². The Morgan fingerprint density at radius 2 is 1.68 bits per heavy atom. The number of sulfonamides is 1. The average Bonchev–Trinajstić information content (AvgIpc) is 2.43. The Bertz CT molecular complexity index is 800. The van der Waals surface area contributed by atoms with Crippen molar-refractivity contribution < 1.29 is 12.8 Å². The number of benzene rings is 2. The largest absolute Gasteiger partial charge is 0.241 e. The molecule has 118 valence electrons. The predicted molar refractivity (Wildman–Crippen MR) is 85.8 cm³/mol. The third-order valence-electron chi connectivity index (χ3n) is 3.67. The molecule has 1 N–H and O–H groups in total. The van der Waals surface area contributed by atoms with Gasteiger partial charge in [-0.15, -0.1) is 0 Å². The smallest absolute Gasteiger partial charge is 0.207 e. The van der Waals surface area contributed by atoms with Crippen molar-refractivity contribution in [2.45, 2.75) is 38.6 Å². The Labute approximate surface area is 131 Å². The first-order valence-electron chi connectivity index (χ1n) is 7.06. The Balaban J connectivity index is 2.31. The fraction of sp³-hybridized carbons (Fsp3) is 0.294. The van der Waals surface area contributed by atoms with Crippen LogP contribution >= 0.6 is 0 Å². The van der Waals surface area contributed by atoms with Gasteiger partial charge in [-0.3, -0.25) is 0 Å². The fourth-order valence-electron chi connectivity index (χ4n) is 2.37. The summed E-state index contributed by atoms with van der Waals surface area (Å²) in [5.41, 5.74) is 3.34. The molecule has 0 saturated carbocycles. The molecule has 0 bridgehead atoms.